The molecule has 2 aromatic rings. The van der Waals surface area contributed by atoms with Crippen LogP contribution in [-0.4, -0.2) is 41.7 Å². The number of nitriles is 1. The number of carbonyl (C=O) groups is 1. The Morgan fingerprint density at radius 2 is 2.00 bits per heavy atom. The van der Waals surface area contributed by atoms with Crippen LogP contribution in [0.3, 0.4) is 0 Å². The zero-order valence-corrected chi connectivity index (χ0v) is 16.9. The van der Waals surface area contributed by atoms with Gasteiger partial charge in [-0.1, -0.05) is 18.2 Å². The number of nitrogens with zero attached hydrogens (tertiary/aromatic N) is 3. The van der Waals surface area contributed by atoms with Crippen molar-refractivity contribution in [2.45, 2.75) is 50.9 Å². The molecule has 0 unspecified atom stereocenters. The van der Waals surface area contributed by atoms with Gasteiger partial charge in [-0.2, -0.15) is 5.26 Å². The normalized spacial score (nSPS) is 22.6. The highest BCUT2D eigenvalue weighted by atomic mass is 16.5. The van der Waals surface area contributed by atoms with Crippen LogP contribution < -0.4 is 10.2 Å². The van der Waals surface area contributed by atoms with Crippen LogP contribution in [0.15, 0.2) is 42.6 Å². The molecule has 1 aliphatic heterocycles. The lowest BCUT2D eigenvalue weighted by molar-refractivity contribution is -0.00522. The monoisotopic (exact) mass is 390 g/mol. The Kier molecular flexibility index (Phi) is 5.25. The molecule has 1 saturated carbocycles. The number of anilines is 1. The number of amides is 1. The molecule has 1 amide bonds. The SMILES string of the molecule is C[C@@H]1CN(c2ccnc(C(=O)NC3(Cc4ccccc4C#N)CC3)c2)C[C@H](C)O1. The van der Waals surface area contributed by atoms with Crippen molar-refractivity contribution in [1.82, 2.24) is 10.3 Å². The van der Waals surface area contributed by atoms with E-state index in [0.717, 1.165) is 37.2 Å². The smallest absolute Gasteiger partial charge is 0.270 e. The molecular formula is C23H26N4O2. The molecule has 29 heavy (non-hydrogen) atoms. The molecule has 150 valence electrons. The number of nitrogens with one attached hydrogen (secondary N) is 1. The minimum absolute atomic E-state index is 0.152. The van der Waals surface area contributed by atoms with Gasteiger partial charge in [0.15, 0.2) is 0 Å². The molecule has 6 heteroatoms. The summed E-state index contributed by atoms with van der Waals surface area (Å²) >= 11 is 0. The summed E-state index contributed by atoms with van der Waals surface area (Å²) in [5.74, 6) is -0.159. The van der Waals surface area contributed by atoms with Crippen LogP contribution in [0.1, 0.15) is 48.3 Å². The van der Waals surface area contributed by atoms with Gasteiger partial charge in [-0.25, -0.2) is 0 Å². The van der Waals surface area contributed by atoms with Crippen LogP contribution in [-0.2, 0) is 11.2 Å². The average Bonchev–Trinajstić information content (AvgIpc) is 3.46. The molecule has 1 aromatic heterocycles. The van der Waals surface area contributed by atoms with Crippen molar-refractivity contribution < 1.29 is 9.53 Å². The highest BCUT2D eigenvalue weighted by Crippen LogP contribution is 2.39. The van der Waals surface area contributed by atoms with E-state index in [1.807, 2.05) is 36.4 Å². The number of morpholine rings is 1. The van der Waals surface area contributed by atoms with Gasteiger partial charge >= 0.3 is 0 Å². The first-order chi connectivity index (χ1) is 14.0. The number of rotatable bonds is 5. The number of aromatic nitrogens is 1. The number of pyridine rings is 1. The molecule has 2 atom stereocenters. The van der Waals surface area contributed by atoms with E-state index in [-0.39, 0.29) is 23.7 Å². The molecule has 1 saturated heterocycles. The maximum absolute atomic E-state index is 12.9. The summed E-state index contributed by atoms with van der Waals surface area (Å²) in [4.78, 5) is 19.5. The highest BCUT2D eigenvalue weighted by Gasteiger charge is 2.44. The molecule has 0 spiro atoms. The Morgan fingerprint density at radius 3 is 2.69 bits per heavy atom. The van der Waals surface area contributed by atoms with Crippen LogP contribution in [0, 0.1) is 11.3 Å². The van der Waals surface area contributed by atoms with Gasteiger partial charge in [-0.15, -0.1) is 0 Å². The Labute approximate surface area is 171 Å². The van der Waals surface area contributed by atoms with E-state index < -0.39 is 0 Å². The van der Waals surface area contributed by atoms with Crippen molar-refractivity contribution in [3.05, 3.63) is 59.4 Å². The summed E-state index contributed by atoms with van der Waals surface area (Å²) < 4.78 is 5.81. The third-order valence-corrected chi connectivity index (χ3v) is 5.66. The molecule has 2 heterocycles. The fourth-order valence-corrected chi connectivity index (χ4v) is 4.08. The molecule has 1 aromatic carbocycles. The van der Waals surface area contributed by atoms with Gasteiger partial charge in [0, 0.05) is 30.5 Å². The second-order valence-electron chi connectivity index (χ2n) is 8.24. The zero-order chi connectivity index (χ0) is 20.4. The molecule has 6 nitrogen and oxygen atoms in total. The maximum Gasteiger partial charge on any atom is 0.270 e. The van der Waals surface area contributed by atoms with Gasteiger partial charge in [0.05, 0.1) is 23.8 Å². The summed E-state index contributed by atoms with van der Waals surface area (Å²) in [7, 11) is 0. The van der Waals surface area contributed by atoms with E-state index in [0.29, 0.717) is 17.7 Å². The molecule has 2 aliphatic rings. The van der Waals surface area contributed by atoms with Gasteiger partial charge in [-0.3, -0.25) is 9.78 Å². The van der Waals surface area contributed by atoms with Crippen molar-refractivity contribution in [2.24, 2.45) is 0 Å². The average molecular weight is 390 g/mol. The predicted molar refractivity (Wildman–Crippen MR) is 111 cm³/mol. The van der Waals surface area contributed by atoms with E-state index in [9.17, 15) is 10.1 Å². The molecule has 0 radical (unpaired) electrons. The van der Waals surface area contributed by atoms with E-state index in [2.05, 4.69) is 35.1 Å². The first-order valence-corrected chi connectivity index (χ1v) is 10.1. The van der Waals surface area contributed by atoms with Crippen molar-refractivity contribution in [1.29, 1.82) is 5.26 Å². The van der Waals surface area contributed by atoms with Crippen molar-refractivity contribution in [2.75, 3.05) is 18.0 Å². The molecule has 2 fully saturated rings. The summed E-state index contributed by atoms with van der Waals surface area (Å²) in [5, 5.41) is 12.5. The quantitative estimate of drug-likeness (QED) is 0.849. The molecule has 1 aliphatic carbocycles. The lowest BCUT2D eigenvalue weighted by atomic mass is 9.99. The Morgan fingerprint density at radius 1 is 1.28 bits per heavy atom. The van der Waals surface area contributed by atoms with Gasteiger partial charge in [-0.05, 0) is 56.9 Å². The first kappa shape index (κ1) is 19.4. The summed E-state index contributed by atoms with van der Waals surface area (Å²) in [6, 6.07) is 13.6. The fraction of sp³-hybridized carbons (Fsp3) is 0.435. The van der Waals surface area contributed by atoms with Crippen LogP contribution in [0.2, 0.25) is 0 Å². The van der Waals surface area contributed by atoms with Gasteiger partial charge < -0.3 is 15.0 Å². The Hall–Kier alpha value is -2.91. The number of benzene rings is 1. The van der Waals surface area contributed by atoms with Crippen LogP contribution in [0.5, 0.6) is 0 Å². The summed E-state index contributed by atoms with van der Waals surface area (Å²) in [6.07, 6.45) is 4.49. The van der Waals surface area contributed by atoms with Crippen LogP contribution in [0.4, 0.5) is 5.69 Å². The van der Waals surface area contributed by atoms with Gasteiger partial charge in [0.25, 0.3) is 5.91 Å². The number of carbonyl (C=O) groups excluding carboxylic acids is 1. The third kappa shape index (κ3) is 4.41. The lowest BCUT2D eigenvalue weighted by Gasteiger charge is -2.36. The van der Waals surface area contributed by atoms with E-state index in [1.54, 1.807) is 6.20 Å². The molecular weight excluding hydrogens is 364 g/mol. The summed E-state index contributed by atoms with van der Waals surface area (Å²) in [5.41, 5.74) is 2.79. The molecule has 1 N–H and O–H groups in total. The summed E-state index contributed by atoms with van der Waals surface area (Å²) in [6.45, 7) is 5.72. The van der Waals surface area contributed by atoms with Crippen LogP contribution in [0.25, 0.3) is 0 Å². The molecule has 0 bridgehead atoms. The fourth-order valence-electron chi connectivity index (χ4n) is 4.08. The highest BCUT2D eigenvalue weighted by molar-refractivity contribution is 5.94. The minimum atomic E-state index is -0.274. The minimum Gasteiger partial charge on any atom is -0.372 e. The van der Waals surface area contributed by atoms with E-state index in [4.69, 9.17) is 4.74 Å². The second-order valence-corrected chi connectivity index (χ2v) is 8.24. The van der Waals surface area contributed by atoms with Crippen molar-refractivity contribution >= 4 is 11.6 Å². The standard InChI is InChI=1S/C23H26N4O2/c1-16-14-27(15-17(2)29-16)20-7-10-25-21(11-20)22(28)26-23(8-9-23)12-18-5-3-4-6-19(18)13-24/h3-7,10-11,16-17H,8-9,12,14-15H2,1-2H3,(H,26,28)/t16-,17+. The number of hydrogen-bond acceptors (Lipinski definition) is 5. The van der Waals surface area contributed by atoms with Crippen LogP contribution >= 0.6 is 0 Å². The molecule has 4 rings (SSSR count). The maximum atomic E-state index is 12.9. The number of ether oxygens (including phenoxy) is 1. The number of hydrogen-bond donors (Lipinski definition) is 1. The van der Waals surface area contributed by atoms with Gasteiger partial charge in [0.1, 0.15) is 5.69 Å². The predicted octanol–water partition coefficient (Wildman–Crippen LogP) is 3.07. The zero-order valence-electron chi connectivity index (χ0n) is 16.9. The third-order valence-electron chi connectivity index (χ3n) is 5.66. The second kappa shape index (κ2) is 7.84. The van der Waals surface area contributed by atoms with Crippen molar-refractivity contribution in [3.8, 4) is 6.07 Å². The lowest BCUT2D eigenvalue weighted by Crippen LogP contribution is -2.45. The van der Waals surface area contributed by atoms with E-state index >= 15 is 0 Å². The Bertz CT molecular complexity index is 938. The Balaban J connectivity index is 1.47. The topological polar surface area (TPSA) is 78.3 Å². The first-order valence-electron chi connectivity index (χ1n) is 10.1. The van der Waals surface area contributed by atoms with Gasteiger partial charge in [0.2, 0.25) is 0 Å². The largest absolute Gasteiger partial charge is 0.372 e. The van der Waals surface area contributed by atoms with Crippen molar-refractivity contribution in [3.63, 3.8) is 0 Å². The van der Waals surface area contributed by atoms with E-state index in [1.165, 1.54) is 0 Å².